The summed E-state index contributed by atoms with van der Waals surface area (Å²) in [5.74, 6) is 0.298. The molecule has 5 nitrogen and oxygen atoms in total. The van der Waals surface area contributed by atoms with Gasteiger partial charge >= 0.3 is 6.03 Å². The molecule has 2 aliphatic rings. The van der Waals surface area contributed by atoms with Crippen LogP contribution in [0.2, 0.25) is 5.02 Å². The van der Waals surface area contributed by atoms with Gasteiger partial charge in [0.25, 0.3) is 5.91 Å². The average Bonchev–Trinajstić information content (AvgIpc) is 3.30. The quantitative estimate of drug-likeness (QED) is 0.754. The van der Waals surface area contributed by atoms with Crippen molar-refractivity contribution >= 4 is 29.2 Å². The number of urea groups is 1. The number of hydrogen-bond acceptors (Lipinski definition) is 2. The lowest BCUT2D eigenvalue weighted by atomic mass is 9.95. The molecule has 1 fully saturated rings. The highest BCUT2D eigenvalue weighted by Crippen LogP contribution is 2.39. The van der Waals surface area contributed by atoms with Gasteiger partial charge in [-0.2, -0.15) is 0 Å². The Morgan fingerprint density at radius 1 is 1.31 bits per heavy atom. The van der Waals surface area contributed by atoms with Crippen molar-refractivity contribution in [2.75, 3.05) is 18.4 Å². The summed E-state index contributed by atoms with van der Waals surface area (Å²) in [6.45, 7) is 5.76. The molecule has 152 valence electrons. The first kappa shape index (κ1) is 19.7. The van der Waals surface area contributed by atoms with E-state index in [1.165, 1.54) is 18.2 Å². The maximum Gasteiger partial charge on any atom is 0.321 e. The van der Waals surface area contributed by atoms with Gasteiger partial charge in [0.05, 0.1) is 6.04 Å². The Hall–Kier alpha value is -2.60. The molecule has 2 unspecified atom stereocenters. The fourth-order valence-corrected chi connectivity index (χ4v) is 4.37. The van der Waals surface area contributed by atoms with Gasteiger partial charge in [0.1, 0.15) is 5.82 Å². The number of likely N-dealkylation sites (tertiary alicyclic amines) is 1. The van der Waals surface area contributed by atoms with E-state index in [1.807, 2.05) is 0 Å². The van der Waals surface area contributed by atoms with Crippen molar-refractivity contribution in [3.8, 4) is 0 Å². The minimum Gasteiger partial charge on any atom is -0.341 e. The molecule has 0 spiro atoms. The fourth-order valence-electron chi connectivity index (χ4n) is 4.14. The zero-order chi connectivity index (χ0) is 20.7. The van der Waals surface area contributed by atoms with Gasteiger partial charge in [-0.1, -0.05) is 31.5 Å². The van der Waals surface area contributed by atoms with Crippen LogP contribution in [-0.2, 0) is 0 Å². The minimum absolute atomic E-state index is 0.190. The van der Waals surface area contributed by atoms with Crippen LogP contribution in [0.1, 0.15) is 47.8 Å². The number of amides is 3. The number of anilines is 1. The Morgan fingerprint density at radius 3 is 2.83 bits per heavy atom. The summed E-state index contributed by atoms with van der Waals surface area (Å²) in [6, 6.07) is 8.41. The molecule has 0 aliphatic carbocycles. The van der Waals surface area contributed by atoms with Crippen molar-refractivity contribution in [2.24, 2.45) is 11.8 Å². The maximum absolute atomic E-state index is 13.8. The number of nitrogens with one attached hydrogen (secondary N) is 2. The minimum atomic E-state index is -0.626. The summed E-state index contributed by atoms with van der Waals surface area (Å²) in [5.41, 5.74) is 2.05. The van der Waals surface area contributed by atoms with Gasteiger partial charge in [-0.05, 0) is 48.6 Å². The first-order valence-electron chi connectivity index (χ1n) is 9.79. The number of fused-ring (bicyclic) bond motifs is 1. The monoisotopic (exact) mass is 415 g/mol. The van der Waals surface area contributed by atoms with Crippen molar-refractivity contribution < 1.29 is 14.0 Å². The van der Waals surface area contributed by atoms with Crippen LogP contribution in [0.25, 0.3) is 0 Å². The second-order valence-corrected chi connectivity index (χ2v) is 8.42. The number of rotatable bonds is 3. The van der Waals surface area contributed by atoms with Crippen LogP contribution in [0.5, 0.6) is 0 Å². The van der Waals surface area contributed by atoms with Crippen molar-refractivity contribution in [1.82, 2.24) is 10.2 Å². The highest BCUT2D eigenvalue weighted by Gasteiger charge is 2.35. The molecule has 7 heteroatoms. The number of benzene rings is 2. The third kappa shape index (κ3) is 3.69. The van der Waals surface area contributed by atoms with E-state index < -0.39 is 11.9 Å². The van der Waals surface area contributed by atoms with E-state index in [0.717, 1.165) is 13.0 Å². The summed E-state index contributed by atoms with van der Waals surface area (Å²) < 4.78 is 13.8. The predicted molar refractivity (Wildman–Crippen MR) is 111 cm³/mol. The van der Waals surface area contributed by atoms with E-state index >= 15 is 0 Å². The van der Waals surface area contributed by atoms with E-state index in [2.05, 4.69) is 24.5 Å². The Balaban J connectivity index is 1.65. The lowest BCUT2D eigenvalue weighted by Crippen LogP contribution is -2.33. The third-order valence-corrected chi connectivity index (χ3v) is 6.22. The molecule has 2 N–H and O–H groups in total. The Kier molecular flexibility index (Phi) is 5.21. The molecule has 2 aromatic carbocycles. The van der Waals surface area contributed by atoms with Gasteiger partial charge in [0.2, 0.25) is 0 Å². The predicted octanol–water partition coefficient (Wildman–Crippen LogP) is 4.82. The van der Waals surface area contributed by atoms with Crippen molar-refractivity contribution in [2.45, 2.75) is 26.3 Å². The first-order valence-corrected chi connectivity index (χ1v) is 10.2. The summed E-state index contributed by atoms with van der Waals surface area (Å²) in [5, 5.41) is 6.16. The van der Waals surface area contributed by atoms with Crippen LogP contribution in [0.4, 0.5) is 14.9 Å². The van der Waals surface area contributed by atoms with Gasteiger partial charge < -0.3 is 15.5 Å². The molecule has 0 radical (unpaired) electrons. The highest BCUT2D eigenvalue weighted by molar-refractivity contribution is 6.31. The van der Waals surface area contributed by atoms with Crippen LogP contribution in [0.15, 0.2) is 36.4 Å². The summed E-state index contributed by atoms with van der Waals surface area (Å²) in [4.78, 5) is 27.1. The van der Waals surface area contributed by atoms with Crippen LogP contribution in [0, 0.1) is 17.7 Å². The van der Waals surface area contributed by atoms with Crippen LogP contribution >= 0.6 is 11.6 Å². The SMILES string of the molecule is CC(C)C1CCN(C(=O)Nc2cccc3c2C(c2cc(F)ccc2Cl)NC3=O)C1. The second kappa shape index (κ2) is 7.67. The molecule has 2 aliphatic heterocycles. The van der Waals surface area contributed by atoms with Gasteiger partial charge in [-0.25, -0.2) is 9.18 Å². The number of carbonyl (C=O) groups is 2. The molecule has 2 aromatic rings. The normalized spacial score (nSPS) is 20.7. The zero-order valence-electron chi connectivity index (χ0n) is 16.3. The molecule has 2 atom stereocenters. The van der Waals surface area contributed by atoms with E-state index in [-0.39, 0.29) is 11.9 Å². The number of nitrogens with zero attached hydrogens (tertiary/aromatic N) is 1. The Bertz CT molecular complexity index is 979. The lowest BCUT2D eigenvalue weighted by molar-refractivity contribution is 0.0960. The molecule has 2 heterocycles. The van der Waals surface area contributed by atoms with Crippen molar-refractivity contribution in [1.29, 1.82) is 0 Å². The lowest BCUT2D eigenvalue weighted by Gasteiger charge is -2.21. The van der Waals surface area contributed by atoms with Crippen LogP contribution in [-0.4, -0.2) is 29.9 Å². The molecule has 1 saturated heterocycles. The van der Waals surface area contributed by atoms with Gasteiger partial charge in [-0.3, -0.25) is 4.79 Å². The zero-order valence-corrected chi connectivity index (χ0v) is 17.1. The topological polar surface area (TPSA) is 61.4 Å². The summed E-state index contributed by atoms with van der Waals surface area (Å²) >= 11 is 6.28. The first-order chi connectivity index (χ1) is 13.8. The van der Waals surface area contributed by atoms with Crippen molar-refractivity contribution in [3.63, 3.8) is 0 Å². The summed E-state index contributed by atoms with van der Waals surface area (Å²) in [7, 11) is 0. The number of hydrogen-bond donors (Lipinski definition) is 2. The maximum atomic E-state index is 13.8. The van der Waals surface area contributed by atoms with Crippen LogP contribution in [0.3, 0.4) is 0 Å². The largest absolute Gasteiger partial charge is 0.341 e. The molecular formula is C22H23ClFN3O2. The summed E-state index contributed by atoms with van der Waals surface area (Å²) in [6.07, 6.45) is 0.986. The van der Waals surface area contributed by atoms with E-state index in [0.29, 0.717) is 45.8 Å². The molecule has 4 rings (SSSR count). The van der Waals surface area contributed by atoms with E-state index in [1.54, 1.807) is 23.1 Å². The Labute approximate surface area is 174 Å². The third-order valence-electron chi connectivity index (χ3n) is 5.88. The molecule has 0 saturated carbocycles. The average molecular weight is 416 g/mol. The van der Waals surface area contributed by atoms with Gasteiger partial charge in [0.15, 0.2) is 0 Å². The van der Waals surface area contributed by atoms with E-state index in [4.69, 9.17) is 11.6 Å². The molecule has 0 aromatic heterocycles. The Morgan fingerprint density at radius 2 is 2.10 bits per heavy atom. The second-order valence-electron chi connectivity index (χ2n) is 8.01. The van der Waals surface area contributed by atoms with Gasteiger partial charge in [0, 0.05) is 40.5 Å². The molecule has 29 heavy (non-hydrogen) atoms. The highest BCUT2D eigenvalue weighted by atomic mass is 35.5. The fraction of sp³-hybridized carbons (Fsp3) is 0.364. The standard InChI is InChI=1S/C22H23ClFN3O2/c1-12(2)13-8-9-27(11-13)22(29)25-18-5-3-4-15-19(18)20(26-21(15)28)16-10-14(24)6-7-17(16)23/h3-7,10,12-13,20H,8-9,11H2,1-2H3,(H,25,29)(H,26,28). The van der Waals surface area contributed by atoms with Gasteiger partial charge in [-0.15, -0.1) is 0 Å². The molecule has 3 amide bonds. The number of halogens is 2. The van der Waals surface area contributed by atoms with Crippen LogP contribution < -0.4 is 10.6 Å². The molecular weight excluding hydrogens is 393 g/mol. The van der Waals surface area contributed by atoms with E-state index in [9.17, 15) is 14.0 Å². The number of carbonyl (C=O) groups excluding carboxylic acids is 2. The van der Waals surface area contributed by atoms with Crippen molar-refractivity contribution in [3.05, 3.63) is 63.9 Å². The smallest absolute Gasteiger partial charge is 0.321 e. The molecule has 0 bridgehead atoms.